The molecule has 28 heavy (non-hydrogen) atoms. The summed E-state index contributed by atoms with van der Waals surface area (Å²) in [6.45, 7) is 4.78. The molecule has 0 fully saturated rings. The first-order valence-electron chi connectivity index (χ1n) is 8.85. The van der Waals surface area contributed by atoms with Crippen LogP contribution in [0.5, 0.6) is 11.5 Å². The van der Waals surface area contributed by atoms with E-state index in [4.69, 9.17) is 9.47 Å². The molecule has 1 unspecified atom stereocenters. The first-order chi connectivity index (χ1) is 13.3. The first kappa shape index (κ1) is 21.0. The third-order valence-corrected chi connectivity index (χ3v) is 4.27. The van der Waals surface area contributed by atoms with E-state index in [1.165, 1.54) is 13.8 Å². The fourth-order valence-corrected chi connectivity index (χ4v) is 2.93. The maximum Gasteiger partial charge on any atom is 0.221 e. The van der Waals surface area contributed by atoms with Crippen LogP contribution >= 0.6 is 0 Å². The molecule has 0 spiro atoms. The van der Waals surface area contributed by atoms with E-state index in [0.29, 0.717) is 11.4 Å². The molecule has 1 atom stereocenters. The highest BCUT2D eigenvalue weighted by Crippen LogP contribution is 2.28. The summed E-state index contributed by atoms with van der Waals surface area (Å²) >= 11 is 0. The van der Waals surface area contributed by atoms with Crippen molar-refractivity contribution in [2.75, 3.05) is 14.2 Å². The lowest BCUT2D eigenvalue weighted by atomic mass is 9.89. The summed E-state index contributed by atoms with van der Waals surface area (Å²) in [7, 11) is 3.19. The van der Waals surface area contributed by atoms with Gasteiger partial charge in [-0.2, -0.15) is 0 Å². The molecule has 2 amide bonds. The molecule has 0 aromatic heterocycles. The van der Waals surface area contributed by atoms with E-state index in [9.17, 15) is 9.59 Å². The zero-order chi connectivity index (χ0) is 20.7. The largest absolute Gasteiger partial charge is 0.497 e. The quantitative estimate of drug-likeness (QED) is 0.771. The van der Waals surface area contributed by atoms with Crippen LogP contribution in [0.3, 0.4) is 0 Å². The van der Waals surface area contributed by atoms with Crippen LogP contribution in [-0.2, 0) is 15.1 Å². The maximum atomic E-state index is 11.9. The Morgan fingerprint density at radius 3 is 1.79 bits per heavy atom. The van der Waals surface area contributed by atoms with E-state index in [2.05, 4.69) is 10.6 Å². The van der Waals surface area contributed by atoms with E-state index in [0.717, 1.165) is 16.9 Å². The number of hydrogen-bond donors (Lipinski definition) is 2. The van der Waals surface area contributed by atoms with Crippen LogP contribution in [0.2, 0.25) is 0 Å². The number of carbonyl (C=O) groups excluding carboxylic acids is 2. The van der Waals surface area contributed by atoms with E-state index in [1.807, 2.05) is 61.5 Å². The van der Waals surface area contributed by atoms with Crippen molar-refractivity contribution in [3.05, 3.63) is 65.7 Å². The van der Waals surface area contributed by atoms with Gasteiger partial charge in [0, 0.05) is 19.5 Å². The molecule has 0 radical (unpaired) electrons. The Hall–Kier alpha value is -3.28. The van der Waals surface area contributed by atoms with Gasteiger partial charge in [0.25, 0.3) is 0 Å². The summed E-state index contributed by atoms with van der Waals surface area (Å²) in [4.78, 5) is 23.7. The smallest absolute Gasteiger partial charge is 0.221 e. The highest BCUT2D eigenvalue weighted by Gasteiger charge is 2.26. The van der Waals surface area contributed by atoms with Crippen molar-refractivity contribution in [3.8, 4) is 11.5 Å². The molecule has 0 heterocycles. The third kappa shape index (κ3) is 5.36. The lowest BCUT2D eigenvalue weighted by Crippen LogP contribution is -2.41. The molecule has 2 rings (SSSR count). The van der Waals surface area contributed by atoms with Gasteiger partial charge in [0.1, 0.15) is 11.5 Å². The summed E-state index contributed by atoms with van der Waals surface area (Å²) in [5, 5.41) is 5.83. The van der Waals surface area contributed by atoms with Crippen LogP contribution in [0, 0.1) is 0 Å². The number of amides is 2. The second-order valence-electron chi connectivity index (χ2n) is 6.58. The standard InChI is InChI=1S/C22H26N2O4/c1-15(25)23-21(17-6-10-19(27-4)11-7-17)14-22(3,24-16(2)26)18-8-12-20(28-5)13-9-18/h6-14H,1-5H3,(H,23,25)(H,24,26)/b21-14+. The fraction of sp³-hybridized carbons (Fsp3) is 0.273. The summed E-state index contributed by atoms with van der Waals surface area (Å²) in [6.07, 6.45) is 1.83. The second kappa shape index (κ2) is 9.08. The van der Waals surface area contributed by atoms with Gasteiger partial charge in [0.2, 0.25) is 11.8 Å². The van der Waals surface area contributed by atoms with Gasteiger partial charge in [0.15, 0.2) is 0 Å². The highest BCUT2D eigenvalue weighted by atomic mass is 16.5. The molecule has 148 valence electrons. The molecule has 0 aliphatic carbocycles. The number of methoxy groups -OCH3 is 2. The van der Waals surface area contributed by atoms with Crippen molar-refractivity contribution in [1.29, 1.82) is 0 Å². The number of hydrogen-bond acceptors (Lipinski definition) is 4. The van der Waals surface area contributed by atoms with Crippen molar-refractivity contribution in [3.63, 3.8) is 0 Å². The maximum absolute atomic E-state index is 11.9. The van der Waals surface area contributed by atoms with Gasteiger partial charge < -0.3 is 20.1 Å². The van der Waals surface area contributed by atoms with E-state index in [-0.39, 0.29) is 11.8 Å². The topological polar surface area (TPSA) is 76.7 Å². The van der Waals surface area contributed by atoms with Crippen LogP contribution in [0.25, 0.3) is 5.70 Å². The second-order valence-corrected chi connectivity index (χ2v) is 6.58. The molecule has 6 nitrogen and oxygen atoms in total. The first-order valence-corrected chi connectivity index (χ1v) is 8.85. The monoisotopic (exact) mass is 382 g/mol. The van der Waals surface area contributed by atoms with Gasteiger partial charge in [-0.25, -0.2) is 0 Å². The molecular formula is C22H26N2O4. The Bertz CT molecular complexity index is 857. The van der Waals surface area contributed by atoms with Crippen molar-refractivity contribution in [2.24, 2.45) is 0 Å². The lowest BCUT2D eigenvalue weighted by Gasteiger charge is -2.29. The average molecular weight is 382 g/mol. The molecular weight excluding hydrogens is 356 g/mol. The number of ether oxygens (including phenoxy) is 2. The number of benzene rings is 2. The SMILES string of the molecule is COc1ccc(/C(=C\C(C)(NC(C)=O)c2ccc(OC)cc2)NC(C)=O)cc1. The van der Waals surface area contributed by atoms with E-state index >= 15 is 0 Å². The molecule has 0 bridgehead atoms. The fourth-order valence-electron chi connectivity index (χ4n) is 2.93. The van der Waals surface area contributed by atoms with Crippen molar-refractivity contribution < 1.29 is 19.1 Å². The van der Waals surface area contributed by atoms with Crippen LogP contribution in [0.1, 0.15) is 31.9 Å². The highest BCUT2D eigenvalue weighted by molar-refractivity contribution is 5.86. The summed E-state index contributed by atoms with van der Waals surface area (Å²) < 4.78 is 10.4. The van der Waals surface area contributed by atoms with Crippen LogP contribution < -0.4 is 20.1 Å². The molecule has 2 N–H and O–H groups in total. The van der Waals surface area contributed by atoms with Crippen molar-refractivity contribution in [2.45, 2.75) is 26.3 Å². The lowest BCUT2D eigenvalue weighted by molar-refractivity contribution is -0.120. The Labute approximate surface area is 165 Å². The van der Waals surface area contributed by atoms with Gasteiger partial charge in [-0.15, -0.1) is 0 Å². The molecule has 2 aromatic rings. The van der Waals surface area contributed by atoms with Crippen LogP contribution in [-0.4, -0.2) is 26.0 Å². The predicted molar refractivity (Wildman–Crippen MR) is 109 cm³/mol. The minimum atomic E-state index is -0.851. The molecule has 0 aliphatic heterocycles. The normalized spacial score (nSPS) is 13.2. The van der Waals surface area contributed by atoms with Gasteiger partial charge in [-0.3, -0.25) is 9.59 Å². The van der Waals surface area contributed by atoms with Crippen LogP contribution in [0.4, 0.5) is 0 Å². The van der Waals surface area contributed by atoms with Gasteiger partial charge in [-0.05, 0) is 60.5 Å². The Balaban J connectivity index is 2.56. The van der Waals surface area contributed by atoms with Gasteiger partial charge in [0.05, 0.1) is 19.8 Å². The summed E-state index contributed by atoms with van der Waals surface area (Å²) in [5.41, 5.74) is 1.37. The Morgan fingerprint density at radius 1 is 0.857 bits per heavy atom. The zero-order valence-corrected chi connectivity index (χ0v) is 16.8. The average Bonchev–Trinajstić information content (AvgIpc) is 2.66. The van der Waals surface area contributed by atoms with Gasteiger partial charge in [-0.1, -0.05) is 12.1 Å². The molecule has 0 saturated carbocycles. The summed E-state index contributed by atoms with van der Waals surface area (Å²) in [5.74, 6) is 1.04. The summed E-state index contributed by atoms with van der Waals surface area (Å²) in [6, 6.07) is 14.7. The van der Waals surface area contributed by atoms with Crippen molar-refractivity contribution in [1.82, 2.24) is 10.6 Å². The molecule has 0 aliphatic rings. The predicted octanol–water partition coefficient (Wildman–Crippen LogP) is 3.23. The third-order valence-electron chi connectivity index (χ3n) is 4.27. The van der Waals surface area contributed by atoms with E-state index < -0.39 is 5.54 Å². The molecule has 2 aromatic carbocycles. The molecule has 0 saturated heterocycles. The molecule has 6 heteroatoms. The van der Waals surface area contributed by atoms with Gasteiger partial charge >= 0.3 is 0 Å². The number of rotatable bonds is 7. The van der Waals surface area contributed by atoms with Crippen molar-refractivity contribution >= 4 is 17.5 Å². The number of nitrogens with one attached hydrogen (secondary N) is 2. The Morgan fingerprint density at radius 2 is 1.36 bits per heavy atom. The minimum Gasteiger partial charge on any atom is -0.497 e. The number of carbonyl (C=O) groups is 2. The zero-order valence-electron chi connectivity index (χ0n) is 16.8. The minimum absolute atomic E-state index is 0.188. The van der Waals surface area contributed by atoms with E-state index in [1.54, 1.807) is 14.2 Å². The van der Waals surface area contributed by atoms with Crippen LogP contribution in [0.15, 0.2) is 54.6 Å². The Kier molecular flexibility index (Phi) is 6.82.